The van der Waals surface area contributed by atoms with Crippen LogP contribution in [0.2, 0.25) is 0 Å². The van der Waals surface area contributed by atoms with Crippen LogP contribution in [0.4, 0.5) is 5.69 Å². The minimum absolute atomic E-state index is 0.432. The first-order valence-corrected chi connectivity index (χ1v) is 7.25. The number of ether oxygens (including phenoxy) is 1. The van der Waals surface area contributed by atoms with Crippen LogP contribution < -0.4 is 15.8 Å². The van der Waals surface area contributed by atoms with E-state index in [0.717, 1.165) is 18.2 Å². The summed E-state index contributed by atoms with van der Waals surface area (Å²) in [6, 6.07) is 4.77. The van der Waals surface area contributed by atoms with Crippen LogP contribution in [-0.4, -0.2) is 19.7 Å². The molecule has 0 radical (unpaired) electrons. The lowest BCUT2D eigenvalue weighted by Crippen LogP contribution is -2.29. The van der Waals surface area contributed by atoms with Gasteiger partial charge in [-0.15, -0.1) is 0 Å². The van der Waals surface area contributed by atoms with E-state index < -0.39 is 0 Å². The summed E-state index contributed by atoms with van der Waals surface area (Å²) in [6.07, 6.45) is 4.85. The van der Waals surface area contributed by atoms with Crippen molar-refractivity contribution in [1.82, 2.24) is 0 Å². The molecule has 0 bridgehead atoms. The van der Waals surface area contributed by atoms with Crippen LogP contribution in [0.25, 0.3) is 0 Å². The van der Waals surface area contributed by atoms with Crippen molar-refractivity contribution in [2.75, 3.05) is 19.0 Å². The summed E-state index contributed by atoms with van der Waals surface area (Å²) < 4.78 is 5.40. The van der Waals surface area contributed by atoms with Crippen molar-refractivity contribution < 1.29 is 4.74 Å². The number of nitrogens with one attached hydrogen (secondary N) is 1. The Kier molecular flexibility index (Phi) is 4.70. The molecule has 0 atom stereocenters. The Labute approximate surface area is 116 Å². The van der Waals surface area contributed by atoms with E-state index >= 15 is 0 Å². The average molecular weight is 262 g/mol. The van der Waals surface area contributed by atoms with Gasteiger partial charge in [-0.2, -0.15) is 0 Å². The molecular weight excluding hydrogens is 236 g/mol. The summed E-state index contributed by atoms with van der Waals surface area (Å²) >= 11 is 0. The molecule has 0 aliphatic heterocycles. The summed E-state index contributed by atoms with van der Waals surface area (Å²) in [6.45, 7) is 5.24. The van der Waals surface area contributed by atoms with Crippen LogP contribution in [-0.2, 0) is 0 Å². The highest BCUT2D eigenvalue weighted by Gasteiger charge is 2.18. The summed E-state index contributed by atoms with van der Waals surface area (Å²) in [4.78, 5) is 0. The molecule has 1 aliphatic carbocycles. The standard InChI is InChI=1S/C16H26N2O/c1-11-8-15(9-12(2)16(11)19-3)18-10-13-4-6-14(17)7-5-13/h8-9,13-14,18H,4-7,10,17H2,1-3H3. The number of rotatable bonds is 4. The smallest absolute Gasteiger partial charge is 0.124 e. The number of nitrogens with two attached hydrogens (primary N) is 1. The maximum absolute atomic E-state index is 5.94. The lowest BCUT2D eigenvalue weighted by molar-refractivity contribution is 0.339. The quantitative estimate of drug-likeness (QED) is 0.875. The van der Waals surface area contributed by atoms with E-state index in [-0.39, 0.29) is 0 Å². The SMILES string of the molecule is COc1c(C)cc(NCC2CCC(N)CC2)cc1C. The van der Waals surface area contributed by atoms with E-state index in [1.807, 2.05) is 0 Å². The van der Waals surface area contributed by atoms with Gasteiger partial charge in [-0.25, -0.2) is 0 Å². The van der Waals surface area contributed by atoms with Gasteiger partial charge in [0.1, 0.15) is 5.75 Å². The molecule has 0 saturated heterocycles. The summed E-state index contributed by atoms with van der Waals surface area (Å²) in [5.41, 5.74) is 9.52. The maximum Gasteiger partial charge on any atom is 0.124 e. The zero-order chi connectivity index (χ0) is 13.8. The number of aryl methyl sites for hydroxylation is 2. The molecule has 0 amide bonds. The van der Waals surface area contributed by atoms with Gasteiger partial charge in [0.25, 0.3) is 0 Å². The second-order valence-corrected chi connectivity index (χ2v) is 5.80. The summed E-state index contributed by atoms with van der Waals surface area (Å²) in [7, 11) is 1.73. The number of hydrogen-bond acceptors (Lipinski definition) is 3. The topological polar surface area (TPSA) is 47.3 Å². The number of methoxy groups -OCH3 is 1. The number of benzene rings is 1. The van der Waals surface area contributed by atoms with Gasteiger partial charge in [-0.3, -0.25) is 0 Å². The fourth-order valence-electron chi connectivity index (χ4n) is 3.03. The first-order chi connectivity index (χ1) is 9.10. The third kappa shape index (κ3) is 3.63. The molecule has 1 aliphatic rings. The second kappa shape index (κ2) is 6.29. The van der Waals surface area contributed by atoms with E-state index in [1.54, 1.807) is 7.11 Å². The van der Waals surface area contributed by atoms with Gasteiger partial charge < -0.3 is 15.8 Å². The minimum atomic E-state index is 0.432. The minimum Gasteiger partial charge on any atom is -0.496 e. The number of anilines is 1. The molecule has 1 aromatic carbocycles. The first kappa shape index (κ1) is 14.2. The average Bonchev–Trinajstić information content (AvgIpc) is 2.38. The summed E-state index contributed by atoms with van der Waals surface area (Å²) in [5.74, 6) is 1.76. The largest absolute Gasteiger partial charge is 0.496 e. The molecule has 19 heavy (non-hydrogen) atoms. The van der Waals surface area contributed by atoms with Gasteiger partial charge >= 0.3 is 0 Å². The van der Waals surface area contributed by atoms with Crippen molar-refractivity contribution in [2.24, 2.45) is 11.7 Å². The fraction of sp³-hybridized carbons (Fsp3) is 0.625. The van der Waals surface area contributed by atoms with Gasteiger partial charge in [0.15, 0.2) is 0 Å². The monoisotopic (exact) mass is 262 g/mol. The highest BCUT2D eigenvalue weighted by Crippen LogP contribution is 2.28. The molecule has 106 valence electrons. The van der Waals surface area contributed by atoms with Crippen LogP contribution in [0, 0.1) is 19.8 Å². The molecule has 3 nitrogen and oxygen atoms in total. The van der Waals surface area contributed by atoms with Crippen LogP contribution in [0.15, 0.2) is 12.1 Å². The Morgan fingerprint density at radius 3 is 2.26 bits per heavy atom. The van der Waals surface area contributed by atoms with Gasteiger partial charge in [0.05, 0.1) is 7.11 Å². The van der Waals surface area contributed by atoms with Crippen LogP contribution in [0.5, 0.6) is 5.75 Å². The third-order valence-electron chi connectivity index (χ3n) is 4.15. The Hall–Kier alpha value is -1.22. The molecule has 0 unspecified atom stereocenters. The van der Waals surface area contributed by atoms with E-state index in [2.05, 4.69) is 31.3 Å². The van der Waals surface area contributed by atoms with Crippen molar-refractivity contribution in [3.8, 4) is 5.75 Å². The number of hydrogen-bond donors (Lipinski definition) is 2. The van der Waals surface area contributed by atoms with E-state index in [9.17, 15) is 0 Å². The zero-order valence-electron chi connectivity index (χ0n) is 12.3. The van der Waals surface area contributed by atoms with Crippen molar-refractivity contribution in [2.45, 2.75) is 45.6 Å². The molecule has 0 aromatic heterocycles. The Morgan fingerprint density at radius 1 is 1.16 bits per heavy atom. The zero-order valence-corrected chi connectivity index (χ0v) is 12.3. The summed E-state index contributed by atoms with van der Waals surface area (Å²) in [5, 5.41) is 3.57. The second-order valence-electron chi connectivity index (χ2n) is 5.80. The van der Waals surface area contributed by atoms with Crippen LogP contribution in [0.1, 0.15) is 36.8 Å². The predicted molar refractivity (Wildman–Crippen MR) is 80.9 cm³/mol. The molecule has 2 rings (SSSR count). The predicted octanol–water partition coefficient (Wildman–Crippen LogP) is 3.24. The molecule has 1 saturated carbocycles. The van der Waals surface area contributed by atoms with Crippen molar-refractivity contribution in [3.63, 3.8) is 0 Å². The molecule has 3 heteroatoms. The van der Waals surface area contributed by atoms with Crippen molar-refractivity contribution in [1.29, 1.82) is 0 Å². The van der Waals surface area contributed by atoms with E-state index in [1.165, 1.54) is 42.5 Å². The van der Waals surface area contributed by atoms with Gasteiger partial charge in [0, 0.05) is 18.3 Å². The first-order valence-electron chi connectivity index (χ1n) is 7.25. The molecule has 1 aromatic rings. The lowest BCUT2D eigenvalue weighted by atomic mass is 9.86. The molecule has 1 fully saturated rings. The normalized spacial score (nSPS) is 23.2. The Bertz CT molecular complexity index is 400. The molecule has 3 N–H and O–H groups in total. The lowest BCUT2D eigenvalue weighted by Gasteiger charge is -2.26. The Morgan fingerprint density at radius 2 is 1.74 bits per heavy atom. The molecular formula is C16H26N2O. The van der Waals surface area contributed by atoms with Gasteiger partial charge in [0.2, 0.25) is 0 Å². The highest BCUT2D eigenvalue weighted by molar-refractivity contribution is 5.55. The van der Waals surface area contributed by atoms with Gasteiger partial charge in [-0.1, -0.05) is 0 Å². The van der Waals surface area contributed by atoms with Crippen molar-refractivity contribution in [3.05, 3.63) is 23.3 Å². The third-order valence-corrected chi connectivity index (χ3v) is 4.15. The Balaban J connectivity index is 1.93. The van der Waals surface area contributed by atoms with Crippen molar-refractivity contribution >= 4 is 5.69 Å². The van der Waals surface area contributed by atoms with E-state index in [0.29, 0.717) is 6.04 Å². The molecule has 0 heterocycles. The fourth-order valence-corrected chi connectivity index (χ4v) is 3.03. The maximum atomic E-state index is 5.94. The van der Waals surface area contributed by atoms with Crippen LogP contribution >= 0.6 is 0 Å². The van der Waals surface area contributed by atoms with Gasteiger partial charge in [-0.05, 0) is 68.7 Å². The highest BCUT2D eigenvalue weighted by atomic mass is 16.5. The molecule has 0 spiro atoms. The van der Waals surface area contributed by atoms with E-state index in [4.69, 9.17) is 10.5 Å². The van der Waals surface area contributed by atoms with Crippen LogP contribution in [0.3, 0.4) is 0 Å².